The summed E-state index contributed by atoms with van der Waals surface area (Å²) in [6.45, 7) is 7.54. The highest BCUT2D eigenvalue weighted by atomic mass is 35.5. The highest BCUT2D eigenvalue weighted by Crippen LogP contribution is 2.27. The Morgan fingerprint density at radius 2 is 1.97 bits per heavy atom. The molecule has 8 heteroatoms. The monoisotopic (exact) mass is 488 g/mol. The number of fused-ring (bicyclic) bond motifs is 1. The molecule has 1 aromatic heterocycles. The molecule has 1 aliphatic rings. The van der Waals surface area contributed by atoms with Crippen LogP contribution in [-0.4, -0.2) is 45.3 Å². The van der Waals surface area contributed by atoms with E-state index in [1.165, 1.54) is 0 Å². The number of nitrogens with one attached hydrogen (secondary N) is 1. The maximum Gasteiger partial charge on any atom is 0.410 e. The summed E-state index contributed by atoms with van der Waals surface area (Å²) in [6.07, 6.45) is 2.75. The molecule has 6 nitrogen and oxygen atoms in total. The molecule has 1 atom stereocenters. The normalized spacial score (nSPS) is 16.8. The summed E-state index contributed by atoms with van der Waals surface area (Å²) in [5.74, 6) is 0.747. The first-order valence-corrected chi connectivity index (χ1v) is 12.1. The molecule has 0 spiro atoms. The zero-order valence-electron chi connectivity index (χ0n) is 19.3. The fourth-order valence-electron chi connectivity index (χ4n) is 4.17. The number of carbonyl (C=O) groups excluding carboxylic acids is 1. The Kier molecular flexibility index (Phi) is 7.05. The number of imidazole rings is 1. The van der Waals surface area contributed by atoms with Crippen LogP contribution in [0.5, 0.6) is 0 Å². The summed E-state index contributed by atoms with van der Waals surface area (Å²) in [5, 5.41) is 4.73. The van der Waals surface area contributed by atoms with E-state index in [0.717, 1.165) is 41.8 Å². The van der Waals surface area contributed by atoms with Gasteiger partial charge in [-0.1, -0.05) is 41.4 Å². The minimum atomic E-state index is -0.516. The van der Waals surface area contributed by atoms with E-state index >= 15 is 0 Å². The number of hydrogen-bond donors (Lipinski definition) is 1. The van der Waals surface area contributed by atoms with Gasteiger partial charge in [-0.05, 0) is 69.9 Å². The summed E-state index contributed by atoms with van der Waals surface area (Å²) in [4.78, 5) is 19.4. The van der Waals surface area contributed by atoms with Crippen molar-refractivity contribution in [2.24, 2.45) is 0 Å². The van der Waals surface area contributed by atoms with Gasteiger partial charge in [-0.25, -0.2) is 9.78 Å². The molecule has 1 saturated heterocycles. The van der Waals surface area contributed by atoms with Gasteiger partial charge >= 0.3 is 6.09 Å². The standard InChI is InChI=1S/C25H30Cl2N4O2/c1-25(2,3)33-24(32)30-13-7-6-8-19(30)15-28-23-29-21-9-4-5-10-22(21)31(23)16-17-11-12-18(26)14-20(17)27/h4-5,9-12,14,19H,6-8,13,15-16H2,1-3H3,(H,28,29)/t19-/m1/s1. The number of amides is 1. The van der Waals surface area contributed by atoms with E-state index in [2.05, 4.69) is 9.88 Å². The second-order valence-corrected chi connectivity index (χ2v) is 10.3. The number of anilines is 1. The summed E-state index contributed by atoms with van der Waals surface area (Å²) < 4.78 is 7.76. The van der Waals surface area contributed by atoms with Crippen molar-refractivity contribution in [1.29, 1.82) is 0 Å². The molecule has 0 unspecified atom stereocenters. The minimum Gasteiger partial charge on any atom is -0.444 e. The fourth-order valence-corrected chi connectivity index (χ4v) is 4.64. The molecule has 0 aliphatic carbocycles. The molecule has 1 aliphatic heterocycles. The van der Waals surface area contributed by atoms with Crippen LogP contribution >= 0.6 is 23.2 Å². The summed E-state index contributed by atoms with van der Waals surface area (Å²) in [5.41, 5.74) is 2.36. The van der Waals surface area contributed by atoms with Crippen molar-refractivity contribution in [2.45, 2.75) is 58.2 Å². The summed E-state index contributed by atoms with van der Waals surface area (Å²) in [7, 11) is 0. The van der Waals surface area contributed by atoms with Gasteiger partial charge in [-0.3, -0.25) is 0 Å². The van der Waals surface area contributed by atoms with E-state index in [4.69, 9.17) is 32.9 Å². The SMILES string of the molecule is CC(C)(C)OC(=O)N1CCCC[C@@H]1CNc1nc2ccccc2n1Cc1ccc(Cl)cc1Cl. The highest BCUT2D eigenvalue weighted by molar-refractivity contribution is 6.35. The number of carbonyl (C=O) groups is 1. The van der Waals surface area contributed by atoms with Gasteiger partial charge in [0.1, 0.15) is 5.60 Å². The van der Waals surface area contributed by atoms with E-state index < -0.39 is 5.60 Å². The third-order valence-electron chi connectivity index (χ3n) is 5.75. The highest BCUT2D eigenvalue weighted by Gasteiger charge is 2.30. The van der Waals surface area contributed by atoms with Crippen LogP contribution in [0.1, 0.15) is 45.6 Å². The first-order chi connectivity index (χ1) is 15.7. The molecule has 1 fully saturated rings. The number of rotatable bonds is 5. The molecule has 0 radical (unpaired) electrons. The van der Waals surface area contributed by atoms with Gasteiger partial charge in [-0.15, -0.1) is 0 Å². The number of nitrogens with zero attached hydrogens (tertiary/aromatic N) is 3. The first kappa shape index (κ1) is 23.7. The maximum absolute atomic E-state index is 12.8. The zero-order chi connectivity index (χ0) is 23.6. The van der Waals surface area contributed by atoms with Crippen LogP contribution in [0.15, 0.2) is 42.5 Å². The van der Waals surface area contributed by atoms with Gasteiger partial charge in [0.25, 0.3) is 0 Å². The number of halogens is 2. The largest absolute Gasteiger partial charge is 0.444 e. The van der Waals surface area contributed by atoms with Crippen LogP contribution in [0.2, 0.25) is 10.0 Å². The number of aromatic nitrogens is 2. The summed E-state index contributed by atoms with van der Waals surface area (Å²) >= 11 is 12.5. The Labute approximate surface area is 204 Å². The number of piperidine rings is 1. The fraction of sp³-hybridized carbons (Fsp3) is 0.440. The van der Waals surface area contributed by atoms with Crippen LogP contribution in [0.4, 0.5) is 10.7 Å². The van der Waals surface area contributed by atoms with E-state index in [9.17, 15) is 4.79 Å². The smallest absolute Gasteiger partial charge is 0.410 e. The molecule has 0 saturated carbocycles. The number of para-hydroxylation sites is 2. The second kappa shape index (κ2) is 9.82. The predicted octanol–water partition coefficient (Wildman–Crippen LogP) is 6.59. The number of ether oxygens (including phenoxy) is 1. The Balaban J connectivity index is 1.56. The van der Waals surface area contributed by atoms with Crippen LogP contribution in [0.25, 0.3) is 11.0 Å². The lowest BCUT2D eigenvalue weighted by atomic mass is 10.0. The van der Waals surface area contributed by atoms with Crippen molar-refractivity contribution in [3.8, 4) is 0 Å². The van der Waals surface area contributed by atoms with Crippen LogP contribution in [0, 0.1) is 0 Å². The Morgan fingerprint density at radius 1 is 1.18 bits per heavy atom. The molecule has 33 heavy (non-hydrogen) atoms. The first-order valence-electron chi connectivity index (χ1n) is 11.3. The van der Waals surface area contributed by atoms with Crippen molar-refractivity contribution in [1.82, 2.24) is 14.5 Å². The lowest BCUT2D eigenvalue weighted by Crippen LogP contribution is -2.49. The Morgan fingerprint density at radius 3 is 2.73 bits per heavy atom. The van der Waals surface area contributed by atoms with Gasteiger partial charge in [0.2, 0.25) is 5.95 Å². The number of hydrogen-bond acceptors (Lipinski definition) is 4. The molecule has 1 N–H and O–H groups in total. The number of likely N-dealkylation sites (tertiary alicyclic amines) is 1. The van der Waals surface area contributed by atoms with Crippen molar-refractivity contribution in [2.75, 3.05) is 18.4 Å². The lowest BCUT2D eigenvalue weighted by molar-refractivity contribution is 0.0114. The molecule has 0 bridgehead atoms. The van der Waals surface area contributed by atoms with Gasteiger partial charge in [0.15, 0.2) is 0 Å². The van der Waals surface area contributed by atoms with Crippen LogP contribution < -0.4 is 5.32 Å². The molecule has 1 amide bonds. The van der Waals surface area contributed by atoms with E-state index in [1.807, 2.05) is 62.1 Å². The van der Waals surface area contributed by atoms with Crippen molar-refractivity contribution < 1.29 is 9.53 Å². The Bertz CT molecular complexity index is 1140. The van der Waals surface area contributed by atoms with E-state index in [1.54, 1.807) is 6.07 Å². The third kappa shape index (κ3) is 5.74. The predicted molar refractivity (Wildman–Crippen MR) is 134 cm³/mol. The van der Waals surface area contributed by atoms with E-state index in [-0.39, 0.29) is 12.1 Å². The summed E-state index contributed by atoms with van der Waals surface area (Å²) in [6, 6.07) is 13.6. The van der Waals surface area contributed by atoms with Crippen molar-refractivity contribution >= 4 is 46.3 Å². The third-order valence-corrected chi connectivity index (χ3v) is 6.34. The van der Waals surface area contributed by atoms with E-state index in [0.29, 0.717) is 29.7 Å². The average Bonchev–Trinajstić information content (AvgIpc) is 3.10. The van der Waals surface area contributed by atoms with Gasteiger partial charge in [0, 0.05) is 23.1 Å². The maximum atomic E-state index is 12.8. The topological polar surface area (TPSA) is 59.4 Å². The molecule has 2 heterocycles. The van der Waals surface area contributed by atoms with Crippen LogP contribution in [-0.2, 0) is 11.3 Å². The molecular weight excluding hydrogens is 459 g/mol. The second-order valence-electron chi connectivity index (χ2n) is 9.45. The van der Waals surface area contributed by atoms with Crippen molar-refractivity contribution in [3.05, 3.63) is 58.1 Å². The van der Waals surface area contributed by atoms with Gasteiger partial charge in [-0.2, -0.15) is 0 Å². The van der Waals surface area contributed by atoms with Crippen molar-refractivity contribution in [3.63, 3.8) is 0 Å². The minimum absolute atomic E-state index is 0.0426. The number of benzene rings is 2. The molecule has 3 aromatic rings. The molecular formula is C25H30Cl2N4O2. The quantitative estimate of drug-likeness (QED) is 0.439. The molecule has 176 valence electrons. The lowest BCUT2D eigenvalue weighted by Gasteiger charge is -2.36. The Hall–Kier alpha value is -2.44. The van der Waals surface area contributed by atoms with Crippen LogP contribution in [0.3, 0.4) is 0 Å². The average molecular weight is 489 g/mol. The molecule has 4 rings (SSSR count). The van der Waals surface area contributed by atoms with Gasteiger partial charge in [0.05, 0.1) is 23.6 Å². The molecule has 2 aromatic carbocycles. The zero-order valence-corrected chi connectivity index (χ0v) is 20.8. The van der Waals surface area contributed by atoms with Gasteiger partial charge < -0.3 is 19.5 Å².